The highest BCUT2D eigenvalue weighted by Crippen LogP contribution is 2.28. The van der Waals surface area contributed by atoms with Crippen LogP contribution in [-0.2, 0) is 11.3 Å². The molecule has 152 valence electrons. The predicted octanol–water partition coefficient (Wildman–Crippen LogP) is 4.74. The van der Waals surface area contributed by atoms with Crippen LogP contribution in [-0.4, -0.2) is 30.7 Å². The third-order valence-corrected chi connectivity index (χ3v) is 5.75. The minimum Gasteiger partial charge on any atom is -0.423 e. The summed E-state index contributed by atoms with van der Waals surface area (Å²) < 4.78 is 5.42. The van der Waals surface area contributed by atoms with Crippen molar-refractivity contribution < 1.29 is 9.21 Å². The number of carbonyl (C=O) groups excluding carboxylic acids is 1. The van der Waals surface area contributed by atoms with Gasteiger partial charge in [0.15, 0.2) is 0 Å². The molecular formula is C24H22N2O3S. The predicted molar refractivity (Wildman–Crippen MR) is 123 cm³/mol. The van der Waals surface area contributed by atoms with Crippen molar-refractivity contribution >= 4 is 45.1 Å². The van der Waals surface area contributed by atoms with E-state index in [1.165, 1.54) is 6.07 Å². The van der Waals surface area contributed by atoms with Crippen LogP contribution in [0.25, 0.3) is 21.7 Å². The summed E-state index contributed by atoms with van der Waals surface area (Å²) in [6.45, 7) is 0.656. The van der Waals surface area contributed by atoms with Gasteiger partial charge in [0.1, 0.15) is 5.58 Å². The number of thioether (sulfide) groups is 1. The van der Waals surface area contributed by atoms with E-state index in [4.69, 9.17) is 4.42 Å². The summed E-state index contributed by atoms with van der Waals surface area (Å²) in [5.74, 6) is -0.101. The van der Waals surface area contributed by atoms with Crippen LogP contribution in [0, 0.1) is 0 Å². The van der Waals surface area contributed by atoms with Gasteiger partial charge in [0.25, 0.3) is 0 Å². The first kappa shape index (κ1) is 20.2. The van der Waals surface area contributed by atoms with Crippen molar-refractivity contribution in [1.82, 2.24) is 4.90 Å². The van der Waals surface area contributed by atoms with Crippen molar-refractivity contribution in [3.05, 3.63) is 82.7 Å². The Morgan fingerprint density at radius 1 is 1.07 bits per heavy atom. The lowest BCUT2D eigenvalue weighted by Crippen LogP contribution is -2.30. The van der Waals surface area contributed by atoms with E-state index in [0.29, 0.717) is 12.1 Å². The molecule has 0 saturated heterocycles. The van der Waals surface area contributed by atoms with Crippen molar-refractivity contribution in [2.45, 2.75) is 11.4 Å². The summed E-state index contributed by atoms with van der Waals surface area (Å²) in [5, 5.41) is 5.99. The van der Waals surface area contributed by atoms with Crippen molar-refractivity contribution in [3.8, 4) is 0 Å². The molecule has 1 aromatic heterocycles. The van der Waals surface area contributed by atoms with E-state index in [0.717, 1.165) is 32.3 Å². The summed E-state index contributed by atoms with van der Waals surface area (Å²) >= 11 is 1.59. The molecule has 6 heteroatoms. The lowest BCUT2D eigenvalue weighted by molar-refractivity contribution is -0.117. The van der Waals surface area contributed by atoms with Gasteiger partial charge in [0, 0.05) is 22.9 Å². The third kappa shape index (κ3) is 4.25. The van der Waals surface area contributed by atoms with Gasteiger partial charge in [-0.05, 0) is 47.8 Å². The van der Waals surface area contributed by atoms with Crippen molar-refractivity contribution in [3.63, 3.8) is 0 Å². The molecule has 0 aliphatic carbocycles. The summed E-state index contributed by atoms with van der Waals surface area (Å²) in [7, 11) is 1.87. The van der Waals surface area contributed by atoms with Crippen LogP contribution in [0.1, 0.15) is 5.56 Å². The summed E-state index contributed by atoms with van der Waals surface area (Å²) in [6.07, 6.45) is 1.98. The number of hydrogen-bond acceptors (Lipinski definition) is 5. The molecule has 5 nitrogen and oxygen atoms in total. The Bertz CT molecular complexity index is 1280. The Morgan fingerprint density at radius 2 is 1.83 bits per heavy atom. The van der Waals surface area contributed by atoms with Gasteiger partial charge >= 0.3 is 5.63 Å². The second-order valence-electron chi connectivity index (χ2n) is 7.17. The molecule has 0 spiro atoms. The van der Waals surface area contributed by atoms with Gasteiger partial charge in [-0.1, -0.05) is 42.5 Å². The van der Waals surface area contributed by atoms with E-state index in [1.54, 1.807) is 11.8 Å². The van der Waals surface area contributed by atoms with Gasteiger partial charge in [-0.25, -0.2) is 4.79 Å². The first-order valence-corrected chi connectivity index (χ1v) is 10.8. The van der Waals surface area contributed by atoms with E-state index < -0.39 is 0 Å². The fourth-order valence-electron chi connectivity index (χ4n) is 3.67. The van der Waals surface area contributed by atoms with Crippen molar-refractivity contribution in [2.24, 2.45) is 0 Å². The van der Waals surface area contributed by atoms with Crippen LogP contribution in [0.4, 0.5) is 5.69 Å². The number of fused-ring (bicyclic) bond motifs is 3. The molecule has 0 radical (unpaired) electrons. The molecule has 0 bridgehead atoms. The summed E-state index contributed by atoms with van der Waals surface area (Å²) in [4.78, 5) is 27.6. The molecule has 1 N–H and O–H groups in total. The molecule has 1 heterocycles. The zero-order valence-electron chi connectivity index (χ0n) is 16.8. The first-order chi connectivity index (χ1) is 14.5. The number of anilines is 1. The minimum atomic E-state index is -0.389. The lowest BCUT2D eigenvalue weighted by atomic mass is 10.0. The Labute approximate surface area is 178 Å². The Hall–Kier alpha value is -3.09. The van der Waals surface area contributed by atoms with E-state index in [-0.39, 0.29) is 18.1 Å². The molecule has 30 heavy (non-hydrogen) atoms. The molecule has 3 aromatic carbocycles. The Morgan fingerprint density at radius 3 is 2.67 bits per heavy atom. The second-order valence-corrected chi connectivity index (χ2v) is 8.02. The minimum absolute atomic E-state index is 0.101. The lowest BCUT2D eigenvalue weighted by Gasteiger charge is -2.18. The van der Waals surface area contributed by atoms with Gasteiger partial charge in [0.05, 0.1) is 12.2 Å². The Kier molecular flexibility index (Phi) is 5.88. The molecule has 0 atom stereocenters. The zero-order valence-corrected chi connectivity index (χ0v) is 17.7. The molecule has 0 aliphatic rings. The van der Waals surface area contributed by atoms with E-state index in [1.807, 2.05) is 78.9 Å². The van der Waals surface area contributed by atoms with Gasteiger partial charge < -0.3 is 9.73 Å². The maximum atomic E-state index is 12.6. The number of para-hydroxylation sites is 1. The maximum absolute atomic E-state index is 12.6. The van der Waals surface area contributed by atoms with Crippen LogP contribution in [0.5, 0.6) is 0 Å². The van der Waals surface area contributed by atoms with Gasteiger partial charge in [0.2, 0.25) is 5.91 Å². The molecule has 4 aromatic rings. The average molecular weight is 419 g/mol. The van der Waals surface area contributed by atoms with Crippen LogP contribution in [0.3, 0.4) is 0 Å². The van der Waals surface area contributed by atoms with Gasteiger partial charge in [-0.3, -0.25) is 9.69 Å². The topological polar surface area (TPSA) is 62.6 Å². The van der Waals surface area contributed by atoms with E-state index in [9.17, 15) is 9.59 Å². The summed E-state index contributed by atoms with van der Waals surface area (Å²) in [5.41, 5.74) is 1.82. The van der Waals surface area contributed by atoms with E-state index in [2.05, 4.69) is 5.32 Å². The zero-order chi connectivity index (χ0) is 21.1. The van der Waals surface area contributed by atoms with Crippen LogP contribution in [0.15, 0.2) is 80.8 Å². The van der Waals surface area contributed by atoms with E-state index >= 15 is 0 Å². The van der Waals surface area contributed by atoms with Crippen LogP contribution < -0.4 is 10.9 Å². The standard InChI is InChI=1S/C24H22N2O3S/c1-26(15-22(27)25-19-9-5-6-10-21(19)30-2)14-17-13-23(28)29-20-12-11-16-7-3-4-8-18(16)24(17)20/h3-13H,14-15H2,1-2H3,(H,25,27). The third-order valence-electron chi connectivity index (χ3n) is 4.95. The fourth-order valence-corrected chi connectivity index (χ4v) is 4.23. The highest BCUT2D eigenvalue weighted by Gasteiger charge is 2.14. The number of nitrogens with one attached hydrogen (secondary N) is 1. The molecular weight excluding hydrogens is 396 g/mol. The molecule has 0 unspecified atom stereocenters. The van der Waals surface area contributed by atoms with Gasteiger partial charge in [-0.15, -0.1) is 11.8 Å². The molecule has 0 saturated carbocycles. The molecule has 1 amide bonds. The van der Waals surface area contributed by atoms with Crippen LogP contribution in [0.2, 0.25) is 0 Å². The quantitative estimate of drug-likeness (QED) is 0.278. The SMILES string of the molecule is CSc1ccccc1NC(=O)CN(C)Cc1cc(=O)oc2ccc3ccccc3c12. The maximum Gasteiger partial charge on any atom is 0.336 e. The molecule has 0 aliphatic heterocycles. The first-order valence-electron chi connectivity index (χ1n) is 9.61. The molecule has 4 rings (SSSR count). The van der Waals surface area contributed by atoms with Crippen LogP contribution >= 0.6 is 11.8 Å². The second kappa shape index (κ2) is 8.73. The van der Waals surface area contributed by atoms with Crippen molar-refractivity contribution in [1.29, 1.82) is 0 Å². The summed E-state index contributed by atoms with van der Waals surface area (Å²) in [6, 6.07) is 21.0. The Balaban J connectivity index is 1.58. The number of nitrogens with zero attached hydrogens (tertiary/aromatic N) is 1. The average Bonchev–Trinajstić information content (AvgIpc) is 2.73. The number of rotatable bonds is 6. The number of likely N-dealkylation sites (N-methyl/N-ethyl adjacent to an activating group) is 1. The highest BCUT2D eigenvalue weighted by molar-refractivity contribution is 7.98. The number of amides is 1. The van der Waals surface area contributed by atoms with Crippen molar-refractivity contribution in [2.75, 3.05) is 25.2 Å². The number of hydrogen-bond donors (Lipinski definition) is 1. The fraction of sp³-hybridized carbons (Fsp3) is 0.167. The smallest absolute Gasteiger partial charge is 0.336 e. The number of carbonyl (C=O) groups is 1. The normalized spacial score (nSPS) is 11.3. The van der Waals surface area contributed by atoms with Gasteiger partial charge in [-0.2, -0.15) is 0 Å². The molecule has 0 fully saturated rings. The monoisotopic (exact) mass is 418 g/mol. The number of benzene rings is 3. The largest absolute Gasteiger partial charge is 0.423 e. The highest BCUT2D eigenvalue weighted by atomic mass is 32.2.